The Bertz CT molecular complexity index is 427. The topological polar surface area (TPSA) is 70.3 Å². The first-order chi connectivity index (χ1) is 8.41. The van der Waals surface area contributed by atoms with Crippen LogP contribution in [0.4, 0.5) is 19.1 Å². The SMILES string of the molecule is Nc1nc(Cl)cc(OC(F)(C(F)F)C2COC2)n1. The van der Waals surface area contributed by atoms with Gasteiger partial charge in [0.15, 0.2) is 0 Å². The molecule has 9 heteroatoms. The van der Waals surface area contributed by atoms with Crippen LogP contribution >= 0.6 is 11.6 Å². The fourth-order valence-corrected chi connectivity index (χ4v) is 1.58. The maximum atomic E-state index is 14.1. The number of nitrogens with two attached hydrogens (primary N) is 1. The second-order valence-corrected chi connectivity index (χ2v) is 4.11. The number of alkyl halides is 3. The van der Waals surface area contributed by atoms with Gasteiger partial charge >= 0.3 is 12.3 Å². The molecule has 1 aliphatic rings. The Morgan fingerprint density at radius 1 is 1.50 bits per heavy atom. The van der Waals surface area contributed by atoms with Crippen LogP contribution in [0.25, 0.3) is 0 Å². The van der Waals surface area contributed by atoms with Gasteiger partial charge in [-0.1, -0.05) is 11.6 Å². The highest BCUT2D eigenvalue weighted by molar-refractivity contribution is 6.29. The molecule has 1 aliphatic heterocycles. The van der Waals surface area contributed by atoms with E-state index in [4.69, 9.17) is 17.3 Å². The zero-order valence-corrected chi connectivity index (χ0v) is 9.70. The third-order valence-electron chi connectivity index (χ3n) is 2.44. The number of aromatic nitrogens is 2. The maximum absolute atomic E-state index is 14.1. The van der Waals surface area contributed by atoms with Gasteiger partial charge < -0.3 is 15.2 Å². The molecule has 1 unspecified atom stereocenters. The van der Waals surface area contributed by atoms with Crippen LogP contribution < -0.4 is 10.5 Å². The van der Waals surface area contributed by atoms with E-state index >= 15 is 0 Å². The van der Waals surface area contributed by atoms with Crippen molar-refractivity contribution in [3.63, 3.8) is 0 Å². The van der Waals surface area contributed by atoms with Crippen LogP contribution in [0.1, 0.15) is 0 Å². The normalized spacial score (nSPS) is 19.4. The highest BCUT2D eigenvalue weighted by Crippen LogP contribution is 2.36. The third-order valence-corrected chi connectivity index (χ3v) is 2.64. The summed E-state index contributed by atoms with van der Waals surface area (Å²) in [7, 11) is 0. The summed E-state index contributed by atoms with van der Waals surface area (Å²) >= 11 is 5.54. The smallest absolute Gasteiger partial charge is 0.316 e. The molecule has 0 amide bonds. The lowest BCUT2D eigenvalue weighted by Crippen LogP contribution is -2.54. The van der Waals surface area contributed by atoms with Gasteiger partial charge in [-0.2, -0.15) is 9.37 Å². The Morgan fingerprint density at radius 3 is 2.61 bits per heavy atom. The molecule has 1 fully saturated rings. The van der Waals surface area contributed by atoms with E-state index in [1.54, 1.807) is 0 Å². The zero-order valence-electron chi connectivity index (χ0n) is 8.95. The molecule has 0 bridgehead atoms. The molecule has 0 aliphatic carbocycles. The van der Waals surface area contributed by atoms with E-state index in [0.717, 1.165) is 6.07 Å². The Labute approximate surface area is 105 Å². The van der Waals surface area contributed by atoms with Crippen LogP contribution in [0.3, 0.4) is 0 Å². The number of nitrogens with zero attached hydrogens (tertiary/aromatic N) is 2. The van der Waals surface area contributed by atoms with Gasteiger partial charge in [0.2, 0.25) is 11.8 Å². The van der Waals surface area contributed by atoms with Crippen LogP contribution in [0.2, 0.25) is 5.15 Å². The standard InChI is InChI=1S/C9H9ClF3N3O2/c10-5-1-6(16-8(14)15-5)18-9(13,7(11)12)4-2-17-3-4/h1,4,7H,2-3H2,(H2,14,15,16). The lowest BCUT2D eigenvalue weighted by Gasteiger charge is -2.37. The minimum absolute atomic E-state index is 0.126. The first-order valence-electron chi connectivity index (χ1n) is 4.95. The van der Waals surface area contributed by atoms with Gasteiger partial charge in [-0.05, 0) is 0 Å². The van der Waals surface area contributed by atoms with Crippen molar-refractivity contribution in [3.05, 3.63) is 11.2 Å². The number of hydrogen-bond acceptors (Lipinski definition) is 5. The Kier molecular flexibility index (Phi) is 3.49. The van der Waals surface area contributed by atoms with E-state index in [1.807, 2.05) is 0 Å². The number of halogens is 4. The molecule has 2 N–H and O–H groups in total. The van der Waals surface area contributed by atoms with Crippen molar-refractivity contribution in [1.82, 2.24) is 9.97 Å². The Morgan fingerprint density at radius 2 is 2.17 bits per heavy atom. The van der Waals surface area contributed by atoms with Gasteiger partial charge in [-0.25, -0.2) is 13.8 Å². The molecule has 1 atom stereocenters. The van der Waals surface area contributed by atoms with Gasteiger partial charge in [0.1, 0.15) is 5.15 Å². The highest BCUT2D eigenvalue weighted by atomic mass is 35.5. The highest BCUT2D eigenvalue weighted by Gasteiger charge is 2.54. The van der Waals surface area contributed by atoms with Crippen LogP contribution in [0, 0.1) is 5.92 Å². The van der Waals surface area contributed by atoms with E-state index in [1.165, 1.54) is 0 Å². The van der Waals surface area contributed by atoms with Gasteiger partial charge in [0, 0.05) is 6.07 Å². The number of ether oxygens (including phenoxy) is 2. The fourth-order valence-electron chi connectivity index (χ4n) is 1.40. The predicted molar refractivity (Wildman–Crippen MR) is 56.2 cm³/mol. The molecule has 0 aromatic carbocycles. The predicted octanol–water partition coefficient (Wildman–Crippen LogP) is 1.67. The van der Waals surface area contributed by atoms with E-state index < -0.39 is 24.1 Å². The summed E-state index contributed by atoms with van der Waals surface area (Å²) in [5.41, 5.74) is 5.26. The van der Waals surface area contributed by atoms with Crippen LogP contribution in [-0.2, 0) is 4.74 Å². The van der Waals surface area contributed by atoms with Crippen LogP contribution in [0.5, 0.6) is 5.88 Å². The first kappa shape index (κ1) is 13.2. The van der Waals surface area contributed by atoms with Crippen molar-refractivity contribution < 1.29 is 22.6 Å². The van der Waals surface area contributed by atoms with E-state index in [2.05, 4.69) is 19.4 Å². The zero-order chi connectivity index (χ0) is 13.3. The molecule has 1 aromatic rings. The van der Waals surface area contributed by atoms with Crippen molar-refractivity contribution in [2.75, 3.05) is 18.9 Å². The largest absolute Gasteiger partial charge is 0.434 e. The third kappa shape index (κ3) is 2.44. The van der Waals surface area contributed by atoms with Gasteiger partial charge in [-0.3, -0.25) is 0 Å². The van der Waals surface area contributed by atoms with Crippen molar-refractivity contribution in [3.8, 4) is 5.88 Å². The number of anilines is 1. The quantitative estimate of drug-likeness (QED) is 0.851. The van der Waals surface area contributed by atoms with Crippen LogP contribution in [0.15, 0.2) is 6.07 Å². The lowest BCUT2D eigenvalue weighted by atomic mass is 9.98. The molecule has 100 valence electrons. The summed E-state index contributed by atoms with van der Waals surface area (Å²) in [6.45, 7) is -0.287. The summed E-state index contributed by atoms with van der Waals surface area (Å²) in [5, 5.41) is -0.126. The minimum Gasteiger partial charge on any atom is -0.434 e. The maximum Gasteiger partial charge on any atom is 0.316 e. The molecule has 0 radical (unpaired) electrons. The molecule has 2 heterocycles. The second-order valence-electron chi connectivity index (χ2n) is 3.72. The van der Waals surface area contributed by atoms with Crippen molar-refractivity contribution in [2.24, 2.45) is 5.92 Å². The summed E-state index contributed by atoms with van der Waals surface area (Å²) in [5.74, 6) is -4.98. The Hall–Kier alpha value is -1.28. The molecular weight excluding hydrogens is 275 g/mol. The Balaban J connectivity index is 2.22. The summed E-state index contributed by atoms with van der Waals surface area (Å²) < 4.78 is 49.0. The minimum atomic E-state index is -3.35. The number of nitrogen functional groups attached to an aromatic ring is 1. The fraction of sp³-hybridized carbons (Fsp3) is 0.556. The first-order valence-corrected chi connectivity index (χ1v) is 5.33. The summed E-state index contributed by atoms with van der Waals surface area (Å²) in [6.07, 6.45) is -3.35. The van der Waals surface area contributed by atoms with Crippen LogP contribution in [-0.4, -0.2) is 35.5 Å². The number of hydrogen-bond donors (Lipinski definition) is 1. The summed E-state index contributed by atoms with van der Waals surface area (Å²) in [6, 6.07) is 1.01. The molecule has 5 nitrogen and oxygen atoms in total. The monoisotopic (exact) mass is 283 g/mol. The van der Waals surface area contributed by atoms with Gasteiger partial charge in [0.25, 0.3) is 0 Å². The second kappa shape index (κ2) is 4.77. The average Bonchev–Trinajstić information content (AvgIpc) is 2.11. The molecular formula is C9H9ClF3N3O2. The van der Waals surface area contributed by atoms with Crippen molar-refractivity contribution >= 4 is 17.5 Å². The van der Waals surface area contributed by atoms with Gasteiger partial charge in [-0.15, -0.1) is 0 Å². The molecule has 0 spiro atoms. The van der Waals surface area contributed by atoms with Crippen molar-refractivity contribution in [1.29, 1.82) is 0 Å². The molecule has 18 heavy (non-hydrogen) atoms. The molecule has 2 rings (SSSR count). The lowest BCUT2D eigenvalue weighted by molar-refractivity contribution is -0.253. The van der Waals surface area contributed by atoms with Gasteiger partial charge in [0.05, 0.1) is 19.1 Å². The van der Waals surface area contributed by atoms with Crippen molar-refractivity contribution in [2.45, 2.75) is 12.3 Å². The molecule has 1 aromatic heterocycles. The summed E-state index contributed by atoms with van der Waals surface area (Å²) in [4.78, 5) is 6.99. The van der Waals surface area contributed by atoms with E-state index in [9.17, 15) is 13.2 Å². The number of rotatable bonds is 4. The van der Waals surface area contributed by atoms with E-state index in [-0.39, 0.29) is 24.3 Å². The van der Waals surface area contributed by atoms with E-state index in [0.29, 0.717) is 0 Å². The molecule has 1 saturated heterocycles. The molecule has 0 saturated carbocycles. The average molecular weight is 284 g/mol.